The summed E-state index contributed by atoms with van der Waals surface area (Å²) in [6, 6.07) is 0. The summed E-state index contributed by atoms with van der Waals surface area (Å²) in [5.41, 5.74) is -1.40. The van der Waals surface area contributed by atoms with Crippen molar-refractivity contribution in [3.05, 3.63) is 0 Å². The van der Waals surface area contributed by atoms with Gasteiger partial charge in [0.25, 0.3) is 0 Å². The highest BCUT2D eigenvalue weighted by atomic mass is 17.1. The smallest absolute Gasteiger partial charge is 0.339 e. The molecule has 96 valence electrons. The Hall–Kier alpha value is -0.610. The molecule has 2 N–H and O–H groups in total. The van der Waals surface area contributed by atoms with Crippen LogP contribution >= 0.6 is 0 Å². The van der Waals surface area contributed by atoms with E-state index in [0.29, 0.717) is 6.42 Å². The van der Waals surface area contributed by atoms with Gasteiger partial charge >= 0.3 is 5.97 Å². The Morgan fingerprint density at radius 1 is 1.12 bits per heavy atom. The molecule has 1 atom stereocenters. The highest BCUT2D eigenvalue weighted by Crippen LogP contribution is 2.23. The van der Waals surface area contributed by atoms with Crippen LogP contribution in [0.1, 0.15) is 65.2 Å². The molecule has 16 heavy (non-hydrogen) atoms. The Balaban J connectivity index is 3.81. The highest BCUT2D eigenvalue weighted by molar-refractivity contribution is 5.77. The van der Waals surface area contributed by atoms with Crippen molar-refractivity contribution in [2.24, 2.45) is 0 Å². The highest BCUT2D eigenvalue weighted by Gasteiger charge is 2.38. The van der Waals surface area contributed by atoms with Crippen LogP contribution in [-0.2, 0) is 9.68 Å². The number of carboxylic acid groups (broad SMARTS) is 1. The molecule has 0 heterocycles. The van der Waals surface area contributed by atoms with Gasteiger partial charge in [-0.25, -0.2) is 9.68 Å². The molecule has 0 amide bonds. The van der Waals surface area contributed by atoms with Crippen molar-refractivity contribution in [2.45, 2.75) is 70.8 Å². The van der Waals surface area contributed by atoms with Gasteiger partial charge < -0.3 is 5.11 Å². The zero-order chi connectivity index (χ0) is 12.4. The fourth-order valence-electron chi connectivity index (χ4n) is 1.78. The van der Waals surface area contributed by atoms with Gasteiger partial charge in [0.15, 0.2) is 5.60 Å². The largest absolute Gasteiger partial charge is 0.479 e. The number of hydrogen-bond acceptors (Lipinski definition) is 3. The first-order valence-corrected chi connectivity index (χ1v) is 6.19. The Morgan fingerprint density at radius 2 is 1.69 bits per heavy atom. The van der Waals surface area contributed by atoms with Crippen LogP contribution in [0.2, 0.25) is 0 Å². The van der Waals surface area contributed by atoms with Gasteiger partial charge in [-0.05, 0) is 19.3 Å². The second-order valence-corrected chi connectivity index (χ2v) is 4.26. The summed E-state index contributed by atoms with van der Waals surface area (Å²) in [5, 5.41) is 17.7. The topological polar surface area (TPSA) is 66.8 Å². The molecule has 0 aliphatic rings. The number of carboxylic acids is 1. The van der Waals surface area contributed by atoms with E-state index in [1.54, 1.807) is 6.92 Å². The summed E-state index contributed by atoms with van der Waals surface area (Å²) in [5.74, 6) is -1.08. The molecule has 0 radical (unpaired) electrons. The molecule has 4 heteroatoms. The molecular weight excluding hydrogens is 208 g/mol. The fourth-order valence-corrected chi connectivity index (χ4v) is 1.78. The molecule has 0 fully saturated rings. The Morgan fingerprint density at radius 3 is 2.12 bits per heavy atom. The Kier molecular flexibility index (Phi) is 8.21. The van der Waals surface area contributed by atoms with Gasteiger partial charge in [-0.2, -0.15) is 0 Å². The first kappa shape index (κ1) is 15.4. The fraction of sp³-hybridized carbons (Fsp3) is 0.917. The normalized spacial score (nSPS) is 14.7. The molecule has 1 unspecified atom stereocenters. The summed E-state index contributed by atoms with van der Waals surface area (Å²) in [4.78, 5) is 15.1. The van der Waals surface area contributed by atoms with Crippen LogP contribution in [0.15, 0.2) is 0 Å². The van der Waals surface area contributed by atoms with E-state index in [2.05, 4.69) is 11.8 Å². The third kappa shape index (κ3) is 4.94. The molecule has 4 nitrogen and oxygen atoms in total. The maximum absolute atomic E-state index is 11.0. The molecule has 0 aromatic heterocycles. The summed E-state index contributed by atoms with van der Waals surface area (Å²) >= 11 is 0. The van der Waals surface area contributed by atoms with Crippen molar-refractivity contribution in [2.75, 3.05) is 0 Å². The minimum Gasteiger partial charge on any atom is -0.479 e. The average molecular weight is 232 g/mol. The van der Waals surface area contributed by atoms with Gasteiger partial charge in [0.05, 0.1) is 0 Å². The molecule has 0 saturated carbocycles. The lowest BCUT2D eigenvalue weighted by molar-refractivity contribution is -0.319. The molecule has 0 spiro atoms. The third-order valence-corrected chi connectivity index (χ3v) is 3.07. The van der Waals surface area contributed by atoms with Crippen LogP contribution in [0, 0.1) is 0 Å². The summed E-state index contributed by atoms with van der Waals surface area (Å²) in [7, 11) is 0. The van der Waals surface area contributed by atoms with Crippen molar-refractivity contribution >= 4 is 5.97 Å². The number of hydrogen-bond donors (Lipinski definition) is 2. The van der Waals surface area contributed by atoms with E-state index in [0.717, 1.165) is 19.3 Å². The minimum atomic E-state index is -1.40. The van der Waals surface area contributed by atoms with Gasteiger partial charge in [-0.15, -0.1) is 0 Å². The maximum Gasteiger partial charge on any atom is 0.339 e. The van der Waals surface area contributed by atoms with Crippen LogP contribution in [-0.4, -0.2) is 21.9 Å². The SMILES string of the molecule is CCCCCCCCC(CC)(OO)C(=O)O. The predicted molar refractivity (Wildman–Crippen MR) is 62.4 cm³/mol. The molecule has 0 saturated heterocycles. The molecule has 0 aromatic carbocycles. The first-order chi connectivity index (χ1) is 7.63. The third-order valence-electron chi connectivity index (χ3n) is 3.07. The number of unbranched alkanes of at least 4 members (excludes halogenated alkanes) is 5. The van der Waals surface area contributed by atoms with E-state index in [1.807, 2.05) is 0 Å². The number of carbonyl (C=O) groups is 1. The van der Waals surface area contributed by atoms with Gasteiger partial charge in [-0.3, -0.25) is 5.26 Å². The van der Waals surface area contributed by atoms with Crippen molar-refractivity contribution in [1.82, 2.24) is 0 Å². The van der Waals surface area contributed by atoms with Crippen LogP contribution in [0.5, 0.6) is 0 Å². The quantitative estimate of drug-likeness (QED) is 0.344. The predicted octanol–water partition coefficient (Wildman–Crippen LogP) is 3.46. The first-order valence-electron chi connectivity index (χ1n) is 6.19. The molecule has 0 bridgehead atoms. The van der Waals surface area contributed by atoms with Crippen molar-refractivity contribution in [3.63, 3.8) is 0 Å². The lowest BCUT2D eigenvalue weighted by atomic mass is 9.93. The molecule has 0 aromatic rings. The second-order valence-electron chi connectivity index (χ2n) is 4.26. The van der Waals surface area contributed by atoms with Crippen LogP contribution < -0.4 is 0 Å². The maximum atomic E-state index is 11.0. The zero-order valence-electron chi connectivity index (χ0n) is 10.4. The second kappa shape index (κ2) is 8.53. The van der Waals surface area contributed by atoms with Crippen LogP contribution in [0.3, 0.4) is 0 Å². The van der Waals surface area contributed by atoms with Crippen molar-refractivity contribution in [3.8, 4) is 0 Å². The van der Waals surface area contributed by atoms with E-state index in [4.69, 9.17) is 10.4 Å². The van der Waals surface area contributed by atoms with Gasteiger partial charge in [0, 0.05) is 0 Å². The standard InChI is InChI=1S/C12H24O4/c1-3-5-6-7-8-9-10-12(4-2,16-15)11(13)14/h15H,3-10H2,1-2H3,(H,13,14). The molecule has 0 aliphatic carbocycles. The van der Waals surface area contributed by atoms with Gasteiger partial charge in [-0.1, -0.05) is 46.0 Å². The van der Waals surface area contributed by atoms with Crippen LogP contribution in [0.25, 0.3) is 0 Å². The zero-order valence-corrected chi connectivity index (χ0v) is 10.4. The molecule has 0 aliphatic heterocycles. The van der Waals surface area contributed by atoms with Gasteiger partial charge in [0.2, 0.25) is 0 Å². The molecular formula is C12H24O4. The van der Waals surface area contributed by atoms with Crippen LogP contribution in [0.4, 0.5) is 0 Å². The Labute approximate surface area is 97.5 Å². The minimum absolute atomic E-state index is 0.286. The van der Waals surface area contributed by atoms with Crippen molar-refractivity contribution < 1.29 is 20.0 Å². The van der Waals surface area contributed by atoms with E-state index in [-0.39, 0.29) is 6.42 Å². The summed E-state index contributed by atoms with van der Waals surface area (Å²) < 4.78 is 0. The lowest BCUT2D eigenvalue weighted by Gasteiger charge is -2.23. The van der Waals surface area contributed by atoms with E-state index in [1.165, 1.54) is 19.3 Å². The monoisotopic (exact) mass is 232 g/mol. The van der Waals surface area contributed by atoms with E-state index < -0.39 is 11.6 Å². The average Bonchev–Trinajstić information content (AvgIpc) is 2.28. The number of aliphatic carboxylic acids is 1. The lowest BCUT2D eigenvalue weighted by Crippen LogP contribution is -2.40. The Bertz CT molecular complexity index is 187. The van der Waals surface area contributed by atoms with E-state index >= 15 is 0 Å². The van der Waals surface area contributed by atoms with E-state index in [9.17, 15) is 4.79 Å². The van der Waals surface area contributed by atoms with Gasteiger partial charge in [0.1, 0.15) is 0 Å². The molecule has 0 rings (SSSR count). The summed E-state index contributed by atoms with van der Waals surface area (Å²) in [6.45, 7) is 3.87. The number of rotatable bonds is 10. The summed E-state index contributed by atoms with van der Waals surface area (Å²) in [6.07, 6.45) is 7.20. The van der Waals surface area contributed by atoms with Crippen molar-refractivity contribution in [1.29, 1.82) is 0 Å².